The summed E-state index contributed by atoms with van der Waals surface area (Å²) >= 11 is 0. The van der Waals surface area contributed by atoms with Gasteiger partial charge in [0.1, 0.15) is 5.78 Å². The standard InChI is InChI=1S/C12H21NO/c14-12(11-8-13-9-11)7-10-5-3-1-2-4-6-10/h10-11,13H,1-9H2. The number of hydrogen-bond donors (Lipinski definition) is 1. The van der Waals surface area contributed by atoms with E-state index in [0.717, 1.165) is 19.5 Å². The van der Waals surface area contributed by atoms with Crippen LogP contribution in [0.15, 0.2) is 0 Å². The summed E-state index contributed by atoms with van der Waals surface area (Å²) in [6.07, 6.45) is 8.93. The molecule has 2 aliphatic rings. The molecule has 80 valence electrons. The normalized spacial score (nSPS) is 25.4. The Morgan fingerprint density at radius 1 is 1.07 bits per heavy atom. The van der Waals surface area contributed by atoms with Gasteiger partial charge >= 0.3 is 0 Å². The third-order valence-corrected chi connectivity index (χ3v) is 3.70. The lowest BCUT2D eigenvalue weighted by Gasteiger charge is -2.27. The number of Topliss-reactive ketones (excluding diaryl/α,β-unsaturated/α-hetero) is 1. The first-order valence-corrected chi connectivity index (χ1v) is 6.09. The van der Waals surface area contributed by atoms with Crippen LogP contribution in [0.2, 0.25) is 0 Å². The van der Waals surface area contributed by atoms with Crippen molar-refractivity contribution >= 4 is 5.78 Å². The van der Waals surface area contributed by atoms with Crippen molar-refractivity contribution in [1.82, 2.24) is 5.32 Å². The van der Waals surface area contributed by atoms with Crippen LogP contribution in [-0.2, 0) is 4.79 Å². The van der Waals surface area contributed by atoms with Crippen LogP contribution in [0.3, 0.4) is 0 Å². The van der Waals surface area contributed by atoms with Crippen LogP contribution in [0.1, 0.15) is 44.9 Å². The Bertz CT molecular complexity index is 190. The molecule has 0 radical (unpaired) electrons. The predicted molar refractivity (Wildman–Crippen MR) is 57.2 cm³/mol. The molecule has 1 aliphatic heterocycles. The molecule has 1 saturated carbocycles. The zero-order valence-electron chi connectivity index (χ0n) is 8.93. The van der Waals surface area contributed by atoms with E-state index >= 15 is 0 Å². The maximum atomic E-state index is 11.8. The monoisotopic (exact) mass is 195 g/mol. The number of carbonyl (C=O) groups excluding carboxylic acids is 1. The second-order valence-corrected chi connectivity index (χ2v) is 4.88. The van der Waals surface area contributed by atoms with Crippen molar-refractivity contribution in [3.05, 3.63) is 0 Å². The van der Waals surface area contributed by atoms with E-state index in [9.17, 15) is 4.79 Å². The maximum absolute atomic E-state index is 11.8. The van der Waals surface area contributed by atoms with Gasteiger partial charge in [-0.3, -0.25) is 4.79 Å². The average molecular weight is 195 g/mol. The number of hydrogen-bond acceptors (Lipinski definition) is 2. The van der Waals surface area contributed by atoms with Gasteiger partial charge in [-0.2, -0.15) is 0 Å². The Hall–Kier alpha value is -0.370. The molecular formula is C12H21NO. The van der Waals surface area contributed by atoms with Gasteiger partial charge in [0.15, 0.2) is 0 Å². The lowest BCUT2D eigenvalue weighted by molar-refractivity contribution is -0.125. The van der Waals surface area contributed by atoms with Gasteiger partial charge in [-0.1, -0.05) is 38.5 Å². The Kier molecular flexibility index (Phi) is 3.57. The quantitative estimate of drug-likeness (QED) is 0.699. The van der Waals surface area contributed by atoms with Gasteiger partial charge < -0.3 is 5.32 Å². The summed E-state index contributed by atoms with van der Waals surface area (Å²) in [5, 5.41) is 3.17. The van der Waals surface area contributed by atoms with E-state index in [-0.39, 0.29) is 0 Å². The topological polar surface area (TPSA) is 29.1 Å². The minimum atomic E-state index is 0.359. The Labute approximate surface area is 86.5 Å². The van der Waals surface area contributed by atoms with Gasteiger partial charge in [0, 0.05) is 25.4 Å². The zero-order valence-corrected chi connectivity index (χ0v) is 8.93. The van der Waals surface area contributed by atoms with Crippen molar-refractivity contribution in [3.8, 4) is 0 Å². The summed E-state index contributed by atoms with van der Waals surface area (Å²) < 4.78 is 0. The Morgan fingerprint density at radius 3 is 2.21 bits per heavy atom. The second-order valence-electron chi connectivity index (χ2n) is 4.88. The van der Waals surface area contributed by atoms with E-state index in [2.05, 4.69) is 5.32 Å². The number of nitrogens with one attached hydrogen (secondary N) is 1. The van der Waals surface area contributed by atoms with Crippen LogP contribution in [-0.4, -0.2) is 18.9 Å². The van der Waals surface area contributed by atoms with Crippen molar-refractivity contribution < 1.29 is 4.79 Å². The highest BCUT2D eigenvalue weighted by Gasteiger charge is 2.26. The molecule has 0 amide bonds. The molecule has 1 aliphatic carbocycles. The molecular weight excluding hydrogens is 174 g/mol. The molecule has 0 aromatic rings. The van der Waals surface area contributed by atoms with E-state index < -0.39 is 0 Å². The van der Waals surface area contributed by atoms with E-state index in [1.54, 1.807) is 0 Å². The number of rotatable bonds is 3. The maximum Gasteiger partial charge on any atom is 0.138 e. The lowest BCUT2D eigenvalue weighted by Crippen LogP contribution is -2.46. The zero-order chi connectivity index (χ0) is 9.80. The third-order valence-electron chi connectivity index (χ3n) is 3.70. The first-order valence-electron chi connectivity index (χ1n) is 6.09. The Morgan fingerprint density at radius 2 is 1.71 bits per heavy atom. The van der Waals surface area contributed by atoms with Crippen molar-refractivity contribution in [2.24, 2.45) is 11.8 Å². The summed E-state index contributed by atoms with van der Waals surface area (Å²) in [5.41, 5.74) is 0. The van der Waals surface area contributed by atoms with E-state index in [4.69, 9.17) is 0 Å². The number of carbonyl (C=O) groups is 1. The fourth-order valence-electron chi connectivity index (χ4n) is 2.54. The molecule has 2 heteroatoms. The molecule has 2 rings (SSSR count). The van der Waals surface area contributed by atoms with Gasteiger partial charge in [0.2, 0.25) is 0 Å². The average Bonchev–Trinajstić information content (AvgIpc) is 2.29. The molecule has 1 heterocycles. The first-order chi connectivity index (χ1) is 6.86. The summed E-state index contributed by atoms with van der Waals surface area (Å²) in [6.45, 7) is 1.87. The highest BCUT2D eigenvalue weighted by atomic mass is 16.1. The minimum Gasteiger partial charge on any atom is -0.315 e. The van der Waals surface area contributed by atoms with Crippen molar-refractivity contribution in [2.75, 3.05) is 13.1 Å². The molecule has 0 aromatic carbocycles. The molecule has 1 N–H and O–H groups in total. The van der Waals surface area contributed by atoms with Crippen LogP contribution in [0.4, 0.5) is 0 Å². The van der Waals surface area contributed by atoms with Crippen LogP contribution in [0.25, 0.3) is 0 Å². The van der Waals surface area contributed by atoms with E-state index in [1.165, 1.54) is 38.5 Å². The predicted octanol–water partition coefficient (Wildman–Crippen LogP) is 2.14. The van der Waals surface area contributed by atoms with Crippen molar-refractivity contribution in [2.45, 2.75) is 44.9 Å². The smallest absolute Gasteiger partial charge is 0.138 e. The Balaban J connectivity index is 1.74. The van der Waals surface area contributed by atoms with Crippen LogP contribution in [0.5, 0.6) is 0 Å². The second kappa shape index (κ2) is 4.92. The molecule has 0 bridgehead atoms. The van der Waals surface area contributed by atoms with Gasteiger partial charge in [-0.15, -0.1) is 0 Å². The van der Waals surface area contributed by atoms with E-state index in [0.29, 0.717) is 17.6 Å². The largest absolute Gasteiger partial charge is 0.315 e. The molecule has 2 nitrogen and oxygen atoms in total. The lowest BCUT2D eigenvalue weighted by atomic mass is 9.87. The molecule has 1 saturated heterocycles. The van der Waals surface area contributed by atoms with Gasteiger partial charge in [0.25, 0.3) is 0 Å². The van der Waals surface area contributed by atoms with Crippen molar-refractivity contribution in [3.63, 3.8) is 0 Å². The molecule has 2 fully saturated rings. The third kappa shape index (κ3) is 2.57. The fraction of sp³-hybridized carbons (Fsp3) is 0.917. The molecule has 0 unspecified atom stereocenters. The fourth-order valence-corrected chi connectivity index (χ4v) is 2.54. The molecule has 0 aromatic heterocycles. The highest BCUT2D eigenvalue weighted by Crippen LogP contribution is 2.26. The SMILES string of the molecule is O=C(CC1CCCCCC1)C1CNC1. The number of ketones is 1. The summed E-state index contributed by atoms with van der Waals surface area (Å²) in [6, 6.07) is 0. The van der Waals surface area contributed by atoms with Crippen LogP contribution < -0.4 is 5.32 Å². The summed E-state index contributed by atoms with van der Waals surface area (Å²) in [5.74, 6) is 1.60. The summed E-state index contributed by atoms with van der Waals surface area (Å²) in [7, 11) is 0. The van der Waals surface area contributed by atoms with Gasteiger partial charge in [-0.05, 0) is 5.92 Å². The molecule has 0 spiro atoms. The van der Waals surface area contributed by atoms with Crippen LogP contribution >= 0.6 is 0 Å². The summed E-state index contributed by atoms with van der Waals surface area (Å²) in [4.78, 5) is 11.8. The first kappa shape index (κ1) is 10.2. The van der Waals surface area contributed by atoms with Crippen LogP contribution in [0, 0.1) is 11.8 Å². The van der Waals surface area contributed by atoms with E-state index in [1.807, 2.05) is 0 Å². The van der Waals surface area contributed by atoms with Crippen molar-refractivity contribution in [1.29, 1.82) is 0 Å². The minimum absolute atomic E-state index is 0.359. The van der Waals surface area contributed by atoms with Gasteiger partial charge in [-0.25, -0.2) is 0 Å². The highest BCUT2D eigenvalue weighted by molar-refractivity contribution is 5.82. The molecule has 0 atom stereocenters. The molecule has 14 heavy (non-hydrogen) atoms. The van der Waals surface area contributed by atoms with Gasteiger partial charge in [0.05, 0.1) is 0 Å².